The van der Waals surface area contributed by atoms with E-state index in [1.54, 1.807) is 49.7 Å². The summed E-state index contributed by atoms with van der Waals surface area (Å²) in [5, 5.41) is 15.9. The number of benzene rings is 4. The molecule has 0 fully saturated rings. The van der Waals surface area contributed by atoms with Gasteiger partial charge in [0.15, 0.2) is 5.75 Å². The Labute approximate surface area is 325 Å². The van der Waals surface area contributed by atoms with Gasteiger partial charge in [-0.3, -0.25) is 9.52 Å². The highest BCUT2D eigenvalue weighted by molar-refractivity contribution is 7.92. The number of aromatic nitrogens is 2. The van der Waals surface area contributed by atoms with Gasteiger partial charge in [-0.25, -0.2) is 18.2 Å². The minimum atomic E-state index is -3.65. The number of rotatable bonds is 17. The van der Waals surface area contributed by atoms with Crippen LogP contribution in [0.15, 0.2) is 79.0 Å². The number of aliphatic carboxylic acids is 1. The first-order chi connectivity index (χ1) is 26.6. The highest BCUT2D eigenvalue weighted by Gasteiger charge is 2.23. The summed E-state index contributed by atoms with van der Waals surface area (Å²) in [6.45, 7) is 6.49. The second kappa shape index (κ2) is 18.0. The van der Waals surface area contributed by atoms with Gasteiger partial charge in [-0.2, -0.15) is 4.98 Å². The van der Waals surface area contributed by atoms with Crippen molar-refractivity contribution in [3.05, 3.63) is 95.9 Å². The molecular formula is C40H45N5O10S. The monoisotopic (exact) mass is 787 g/mol. The molecule has 1 aromatic heterocycles. The van der Waals surface area contributed by atoms with E-state index in [2.05, 4.69) is 25.3 Å². The van der Waals surface area contributed by atoms with Gasteiger partial charge < -0.3 is 39.4 Å². The van der Waals surface area contributed by atoms with Gasteiger partial charge in [0.05, 0.1) is 57.2 Å². The zero-order valence-corrected chi connectivity index (χ0v) is 32.8. The SMILES string of the molecule is COc1cc(Cc2nccc(Oc3ccc(NC(=O)Nc4cc(C(C)(C)C)cc(NS(C)(=O)=O)c4OC)c4ccccc34)n2)cc(OCCOCCC(=O)O)c1. The normalized spacial score (nSPS) is 11.5. The van der Waals surface area contributed by atoms with Crippen LogP contribution < -0.4 is 34.3 Å². The summed E-state index contributed by atoms with van der Waals surface area (Å²) >= 11 is 0. The molecule has 15 nitrogen and oxygen atoms in total. The van der Waals surface area contributed by atoms with Gasteiger partial charge in [0.2, 0.25) is 15.9 Å². The number of amides is 2. The van der Waals surface area contributed by atoms with Crippen LogP contribution in [0.3, 0.4) is 0 Å². The van der Waals surface area contributed by atoms with Crippen molar-refractivity contribution in [3.63, 3.8) is 0 Å². The zero-order chi connectivity index (χ0) is 40.5. The number of methoxy groups -OCH3 is 2. The first-order valence-electron chi connectivity index (χ1n) is 17.5. The van der Waals surface area contributed by atoms with E-state index >= 15 is 0 Å². The number of carbonyl (C=O) groups excluding carboxylic acids is 1. The van der Waals surface area contributed by atoms with E-state index in [4.69, 9.17) is 28.8 Å². The predicted molar refractivity (Wildman–Crippen MR) is 213 cm³/mol. The Morgan fingerprint density at radius 2 is 1.54 bits per heavy atom. The lowest BCUT2D eigenvalue weighted by Gasteiger charge is -2.24. The van der Waals surface area contributed by atoms with Crippen molar-refractivity contribution in [2.45, 2.75) is 39.0 Å². The van der Waals surface area contributed by atoms with Crippen molar-refractivity contribution >= 4 is 49.9 Å². The Hall–Kier alpha value is -6.13. The molecule has 1 heterocycles. The molecule has 4 aromatic carbocycles. The van der Waals surface area contributed by atoms with Crippen LogP contribution in [0.25, 0.3) is 10.8 Å². The average molecular weight is 788 g/mol. The summed E-state index contributed by atoms with van der Waals surface area (Å²) in [5.41, 5.74) is 2.21. The molecule has 0 atom stereocenters. The minimum Gasteiger partial charge on any atom is -0.497 e. The lowest BCUT2D eigenvalue weighted by Crippen LogP contribution is -2.22. The van der Waals surface area contributed by atoms with Crippen LogP contribution in [-0.2, 0) is 31.4 Å². The van der Waals surface area contributed by atoms with E-state index < -0.39 is 22.0 Å². The first kappa shape index (κ1) is 41.0. The standard InChI is InChI=1S/C40H45N5O10S/c1-40(2,3)26-22-32(38(52-5)33(23-26)45-56(6,49)50)43-39(48)42-31-11-12-34(30-10-8-7-9-29(30)31)55-36-13-15-41-35(44-36)21-25-19-27(51-4)24-28(20-25)54-18-17-53-16-14-37(46)47/h7-13,15,19-20,22-24,45H,14,16-18,21H2,1-6H3,(H,46,47)(H2,42,43,48). The molecule has 296 valence electrons. The van der Waals surface area contributed by atoms with Gasteiger partial charge in [-0.1, -0.05) is 45.0 Å². The second-order valence-electron chi connectivity index (χ2n) is 13.7. The molecule has 0 saturated heterocycles. The molecule has 0 radical (unpaired) electrons. The molecule has 0 bridgehead atoms. The summed E-state index contributed by atoms with van der Waals surface area (Å²) in [5.74, 6) is 1.65. The van der Waals surface area contributed by atoms with Gasteiger partial charge in [0.1, 0.15) is 29.7 Å². The molecule has 56 heavy (non-hydrogen) atoms. The second-order valence-corrected chi connectivity index (χ2v) is 15.4. The third-order valence-electron chi connectivity index (χ3n) is 8.22. The molecule has 5 aromatic rings. The molecule has 5 rings (SSSR count). The van der Waals surface area contributed by atoms with Gasteiger partial charge in [0.25, 0.3) is 0 Å². The Morgan fingerprint density at radius 1 is 0.821 bits per heavy atom. The van der Waals surface area contributed by atoms with Gasteiger partial charge in [0, 0.05) is 35.5 Å². The van der Waals surface area contributed by atoms with E-state index in [1.165, 1.54) is 7.11 Å². The smallest absolute Gasteiger partial charge is 0.323 e. The predicted octanol–water partition coefficient (Wildman–Crippen LogP) is 7.21. The number of carbonyl (C=O) groups is 2. The number of nitrogens with one attached hydrogen (secondary N) is 3. The molecule has 0 aliphatic rings. The molecular weight excluding hydrogens is 743 g/mol. The summed E-state index contributed by atoms with van der Waals surface area (Å²) in [4.78, 5) is 33.2. The van der Waals surface area contributed by atoms with Crippen LogP contribution in [0.1, 0.15) is 44.1 Å². The lowest BCUT2D eigenvalue weighted by molar-refractivity contribution is -0.138. The average Bonchev–Trinajstić information content (AvgIpc) is 3.13. The van der Waals surface area contributed by atoms with Gasteiger partial charge >= 0.3 is 12.0 Å². The fourth-order valence-electron chi connectivity index (χ4n) is 5.63. The quantitative estimate of drug-likeness (QED) is 0.0692. The maximum atomic E-state index is 13.5. The van der Waals surface area contributed by atoms with Crippen LogP contribution in [0.4, 0.5) is 21.9 Å². The van der Waals surface area contributed by atoms with E-state index in [1.807, 2.05) is 57.2 Å². The molecule has 0 aliphatic heterocycles. The van der Waals surface area contributed by atoms with Gasteiger partial charge in [-0.05, 0) is 52.9 Å². The molecule has 0 saturated carbocycles. The summed E-state index contributed by atoms with van der Waals surface area (Å²) in [7, 11) is -0.695. The molecule has 0 spiro atoms. The first-order valence-corrected chi connectivity index (χ1v) is 19.4. The van der Waals surface area contributed by atoms with Crippen LogP contribution in [0.2, 0.25) is 0 Å². The topological polar surface area (TPSA) is 197 Å². The largest absolute Gasteiger partial charge is 0.497 e. The Morgan fingerprint density at radius 3 is 2.23 bits per heavy atom. The number of ether oxygens (including phenoxy) is 5. The van der Waals surface area contributed by atoms with E-state index in [9.17, 15) is 18.0 Å². The third kappa shape index (κ3) is 11.4. The summed E-state index contributed by atoms with van der Waals surface area (Å²) < 4.78 is 55.2. The van der Waals surface area contributed by atoms with Crippen molar-refractivity contribution in [1.82, 2.24) is 9.97 Å². The number of urea groups is 1. The minimum absolute atomic E-state index is 0.0776. The maximum Gasteiger partial charge on any atom is 0.323 e. The molecule has 2 amide bonds. The summed E-state index contributed by atoms with van der Waals surface area (Å²) in [6, 6.07) is 20.8. The van der Waals surface area contributed by atoms with Crippen LogP contribution in [0.5, 0.6) is 28.9 Å². The van der Waals surface area contributed by atoms with Crippen LogP contribution in [-0.4, -0.2) is 75.8 Å². The molecule has 0 aliphatic carbocycles. The number of carboxylic acid groups (broad SMARTS) is 1. The number of carboxylic acids is 1. The van der Waals surface area contributed by atoms with E-state index in [0.717, 1.165) is 17.4 Å². The summed E-state index contributed by atoms with van der Waals surface area (Å²) in [6.07, 6.45) is 2.91. The molecule has 16 heteroatoms. The Balaban J connectivity index is 1.32. The number of sulfonamides is 1. The Bertz CT molecular complexity index is 2310. The maximum absolute atomic E-state index is 13.5. The van der Waals surface area contributed by atoms with Crippen molar-refractivity contribution in [2.24, 2.45) is 0 Å². The lowest BCUT2D eigenvalue weighted by atomic mass is 9.86. The molecule has 4 N–H and O–H groups in total. The number of fused-ring (bicyclic) bond motifs is 1. The van der Waals surface area contributed by atoms with E-state index in [0.29, 0.717) is 51.8 Å². The van der Waals surface area contributed by atoms with Crippen molar-refractivity contribution in [1.29, 1.82) is 0 Å². The third-order valence-corrected chi connectivity index (χ3v) is 8.81. The fourth-order valence-corrected chi connectivity index (χ4v) is 6.18. The fraction of sp³-hybridized carbons (Fsp3) is 0.300. The number of hydrogen-bond donors (Lipinski definition) is 4. The number of hydrogen-bond acceptors (Lipinski definition) is 11. The van der Waals surface area contributed by atoms with Crippen molar-refractivity contribution in [3.8, 4) is 28.9 Å². The van der Waals surface area contributed by atoms with Crippen LogP contribution >= 0.6 is 0 Å². The number of nitrogens with zero attached hydrogens (tertiary/aromatic N) is 2. The Kier molecular flexibility index (Phi) is 13.2. The van der Waals surface area contributed by atoms with Gasteiger partial charge in [-0.15, -0.1) is 0 Å². The highest BCUT2D eigenvalue weighted by atomic mass is 32.2. The van der Waals surface area contributed by atoms with Crippen molar-refractivity contribution < 1.29 is 46.8 Å². The molecule has 0 unspecified atom stereocenters. The van der Waals surface area contributed by atoms with Crippen LogP contribution in [0, 0.1) is 0 Å². The number of anilines is 3. The zero-order valence-electron chi connectivity index (χ0n) is 32.0. The van der Waals surface area contributed by atoms with Crippen molar-refractivity contribution in [2.75, 3.05) is 55.7 Å². The van der Waals surface area contributed by atoms with E-state index in [-0.39, 0.29) is 48.8 Å². The highest BCUT2D eigenvalue weighted by Crippen LogP contribution is 2.40.